The molecule has 0 aromatic heterocycles. The van der Waals surface area contributed by atoms with Crippen LogP contribution in [0.25, 0.3) is 0 Å². The van der Waals surface area contributed by atoms with E-state index in [4.69, 9.17) is 14.2 Å². The van der Waals surface area contributed by atoms with Crippen molar-refractivity contribution in [2.24, 2.45) is 0 Å². The molecular formula is C65H116O6. The Morgan fingerprint density at radius 2 is 0.521 bits per heavy atom. The minimum absolute atomic E-state index is 0.0906. The SMILES string of the molecule is CCCCC/C=C\C/C=C\C/C=C\C/C=C\CCCC(=O)OC[C@H](COC(=O)CCCCCCCCC/C=C\CCCCCCCC)OC(=O)CCCCCCCCCCCCCCCCCCCCC. The maximum absolute atomic E-state index is 12.9. The lowest BCUT2D eigenvalue weighted by molar-refractivity contribution is -0.167. The van der Waals surface area contributed by atoms with Crippen LogP contribution in [0.15, 0.2) is 60.8 Å². The van der Waals surface area contributed by atoms with Gasteiger partial charge in [-0.05, 0) is 83.5 Å². The van der Waals surface area contributed by atoms with Crippen molar-refractivity contribution >= 4 is 17.9 Å². The van der Waals surface area contributed by atoms with Crippen molar-refractivity contribution in [3.8, 4) is 0 Å². The molecule has 0 saturated carbocycles. The van der Waals surface area contributed by atoms with Crippen LogP contribution in [0.3, 0.4) is 0 Å². The van der Waals surface area contributed by atoms with E-state index in [0.29, 0.717) is 19.3 Å². The van der Waals surface area contributed by atoms with Crippen LogP contribution in [0.2, 0.25) is 0 Å². The predicted molar refractivity (Wildman–Crippen MR) is 307 cm³/mol. The molecule has 0 aliphatic rings. The van der Waals surface area contributed by atoms with Crippen LogP contribution in [0.5, 0.6) is 0 Å². The van der Waals surface area contributed by atoms with Gasteiger partial charge in [-0.25, -0.2) is 0 Å². The van der Waals surface area contributed by atoms with Crippen LogP contribution < -0.4 is 0 Å². The first-order valence-corrected chi connectivity index (χ1v) is 30.8. The van der Waals surface area contributed by atoms with Gasteiger partial charge in [0, 0.05) is 19.3 Å². The Labute approximate surface area is 440 Å². The molecule has 0 aromatic rings. The lowest BCUT2D eigenvalue weighted by Gasteiger charge is -2.18. The number of unbranched alkanes of at least 4 members (excludes halogenated alkanes) is 35. The topological polar surface area (TPSA) is 78.9 Å². The summed E-state index contributed by atoms with van der Waals surface area (Å²) in [6.07, 6.45) is 75.1. The first-order valence-electron chi connectivity index (χ1n) is 30.8. The Kier molecular flexibility index (Phi) is 57.2. The van der Waals surface area contributed by atoms with Crippen molar-refractivity contribution < 1.29 is 28.6 Å². The zero-order valence-corrected chi connectivity index (χ0v) is 47.2. The second kappa shape index (κ2) is 59.7. The van der Waals surface area contributed by atoms with Crippen molar-refractivity contribution in [3.63, 3.8) is 0 Å². The number of esters is 3. The molecule has 0 aliphatic heterocycles. The third-order valence-corrected chi connectivity index (χ3v) is 13.5. The van der Waals surface area contributed by atoms with Crippen LogP contribution in [-0.4, -0.2) is 37.2 Å². The van der Waals surface area contributed by atoms with E-state index in [2.05, 4.69) is 81.5 Å². The molecule has 0 saturated heterocycles. The Morgan fingerprint density at radius 3 is 0.887 bits per heavy atom. The van der Waals surface area contributed by atoms with Crippen LogP contribution in [0.1, 0.15) is 316 Å². The molecule has 0 radical (unpaired) electrons. The first kappa shape index (κ1) is 68.1. The first-order chi connectivity index (χ1) is 35.0. The highest BCUT2D eigenvalue weighted by atomic mass is 16.6. The molecule has 0 heterocycles. The highest BCUT2D eigenvalue weighted by molar-refractivity contribution is 5.71. The van der Waals surface area contributed by atoms with Gasteiger partial charge in [0.2, 0.25) is 0 Å². The number of hydrogen-bond donors (Lipinski definition) is 0. The monoisotopic (exact) mass is 993 g/mol. The Morgan fingerprint density at radius 1 is 0.282 bits per heavy atom. The van der Waals surface area contributed by atoms with Gasteiger partial charge in [-0.1, -0.05) is 274 Å². The zero-order chi connectivity index (χ0) is 51.4. The molecule has 0 aromatic carbocycles. The molecule has 412 valence electrons. The van der Waals surface area contributed by atoms with Crippen molar-refractivity contribution in [2.75, 3.05) is 13.2 Å². The minimum Gasteiger partial charge on any atom is -0.462 e. The zero-order valence-electron chi connectivity index (χ0n) is 47.2. The van der Waals surface area contributed by atoms with Gasteiger partial charge in [0.1, 0.15) is 13.2 Å². The van der Waals surface area contributed by atoms with Gasteiger partial charge in [0.05, 0.1) is 0 Å². The largest absolute Gasteiger partial charge is 0.462 e. The molecule has 71 heavy (non-hydrogen) atoms. The summed E-state index contributed by atoms with van der Waals surface area (Å²) in [5.74, 6) is -0.936. The molecule has 0 unspecified atom stereocenters. The number of allylic oxidation sites excluding steroid dienone is 10. The summed E-state index contributed by atoms with van der Waals surface area (Å²) in [7, 11) is 0. The van der Waals surface area contributed by atoms with Gasteiger partial charge in [-0.3, -0.25) is 14.4 Å². The Hall–Kier alpha value is -2.89. The van der Waals surface area contributed by atoms with E-state index in [1.165, 1.54) is 205 Å². The molecule has 1 atom stereocenters. The average Bonchev–Trinajstić information content (AvgIpc) is 3.37. The maximum Gasteiger partial charge on any atom is 0.306 e. The third-order valence-electron chi connectivity index (χ3n) is 13.5. The number of carbonyl (C=O) groups excluding carboxylic acids is 3. The number of rotatable bonds is 56. The van der Waals surface area contributed by atoms with Gasteiger partial charge in [-0.2, -0.15) is 0 Å². The van der Waals surface area contributed by atoms with Crippen LogP contribution >= 0.6 is 0 Å². The summed E-state index contributed by atoms with van der Waals surface area (Å²) < 4.78 is 16.9. The van der Waals surface area contributed by atoms with E-state index in [9.17, 15) is 14.4 Å². The summed E-state index contributed by atoms with van der Waals surface area (Å²) in [5.41, 5.74) is 0. The molecule has 0 bridgehead atoms. The summed E-state index contributed by atoms with van der Waals surface area (Å²) in [4.78, 5) is 38.2. The summed E-state index contributed by atoms with van der Waals surface area (Å²) in [6.45, 7) is 6.60. The second-order valence-corrected chi connectivity index (χ2v) is 20.6. The average molecular weight is 994 g/mol. The van der Waals surface area contributed by atoms with Crippen LogP contribution in [0.4, 0.5) is 0 Å². The van der Waals surface area contributed by atoms with Crippen molar-refractivity contribution in [2.45, 2.75) is 322 Å². The predicted octanol–water partition coefficient (Wildman–Crippen LogP) is 20.8. The van der Waals surface area contributed by atoms with Gasteiger partial charge in [0.25, 0.3) is 0 Å². The molecule has 6 heteroatoms. The smallest absolute Gasteiger partial charge is 0.306 e. The lowest BCUT2D eigenvalue weighted by atomic mass is 10.0. The molecule has 0 rings (SSSR count). The Balaban J connectivity index is 4.42. The molecule has 6 nitrogen and oxygen atoms in total. The van der Waals surface area contributed by atoms with E-state index < -0.39 is 6.10 Å². The lowest BCUT2D eigenvalue weighted by Crippen LogP contribution is -2.30. The van der Waals surface area contributed by atoms with Crippen molar-refractivity contribution in [1.29, 1.82) is 0 Å². The fourth-order valence-corrected chi connectivity index (χ4v) is 8.84. The number of hydrogen-bond acceptors (Lipinski definition) is 6. The van der Waals surface area contributed by atoms with Crippen molar-refractivity contribution in [1.82, 2.24) is 0 Å². The number of carbonyl (C=O) groups is 3. The molecule has 0 spiro atoms. The van der Waals surface area contributed by atoms with Gasteiger partial charge < -0.3 is 14.2 Å². The minimum atomic E-state index is -0.797. The van der Waals surface area contributed by atoms with Gasteiger partial charge >= 0.3 is 17.9 Å². The molecule has 0 aliphatic carbocycles. The van der Waals surface area contributed by atoms with Crippen LogP contribution in [0, 0.1) is 0 Å². The normalized spacial score (nSPS) is 12.4. The van der Waals surface area contributed by atoms with E-state index >= 15 is 0 Å². The summed E-state index contributed by atoms with van der Waals surface area (Å²) in [5, 5.41) is 0. The van der Waals surface area contributed by atoms with E-state index in [1.54, 1.807) is 0 Å². The summed E-state index contributed by atoms with van der Waals surface area (Å²) in [6, 6.07) is 0. The fraction of sp³-hybridized carbons (Fsp3) is 0.800. The maximum atomic E-state index is 12.9. The molecule has 0 amide bonds. The number of ether oxygens (including phenoxy) is 3. The second-order valence-electron chi connectivity index (χ2n) is 20.6. The molecule has 0 N–H and O–H groups in total. The van der Waals surface area contributed by atoms with E-state index in [0.717, 1.165) is 64.2 Å². The highest BCUT2D eigenvalue weighted by Crippen LogP contribution is 2.17. The van der Waals surface area contributed by atoms with Crippen molar-refractivity contribution in [3.05, 3.63) is 60.8 Å². The third kappa shape index (κ3) is 57.9. The van der Waals surface area contributed by atoms with Gasteiger partial charge in [0.15, 0.2) is 6.10 Å². The quantitative estimate of drug-likeness (QED) is 0.0261. The molecular weight excluding hydrogens is 877 g/mol. The van der Waals surface area contributed by atoms with Gasteiger partial charge in [-0.15, -0.1) is 0 Å². The van der Waals surface area contributed by atoms with E-state index in [-0.39, 0.29) is 37.5 Å². The van der Waals surface area contributed by atoms with E-state index in [1.807, 2.05) is 0 Å². The van der Waals surface area contributed by atoms with Crippen LogP contribution in [-0.2, 0) is 28.6 Å². The summed E-state index contributed by atoms with van der Waals surface area (Å²) >= 11 is 0. The fourth-order valence-electron chi connectivity index (χ4n) is 8.84. The molecule has 0 fully saturated rings. The Bertz CT molecular complexity index is 1280. The standard InChI is InChI=1S/C65H116O6/c1-4-7-10-13-16-19-22-25-28-31-32-35-38-41-44-47-50-53-56-59-65(68)71-62(60-69-63(66)57-54-51-48-45-42-39-36-33-29-26-23-20-17-14-11-8-5-2)61-70-64(67)58-55-52-49-46-43-40-37-34-30-27-24-21-18-15-12-9-6-3/h17,20,26-27,29-30,36,39,45,48,62H,4-16,18-19,21-25,28,31-35,37-38,40-44,46-47,49-61H2,1-3H3/b20-17-,29-26-,30-27-,39-36-,48-45-/t62-/m1/s1. The highest BCUT2D eigenvalue weighted by Gasteiger charge is 2.19.